The number of benzene rings is 2. The smallest absolute Gasteiger partial charge is 0.337 e. The Morgan fingerprint density at radius 2 is 1.92 bits per heavy atom. The number of hydrogen-bond donors (Lipinski definition) is 1. The fourth-order valence-corrected chi connectivity index (χ4v) is 2.79. The van der Waals surface area contributed by atoms with Crippen LogP contribution in [0.3, 0.4) is 0 Å². The van der Waals surface area contributed by atoms with Gasteiger partial charge in [-0.3, -0.25) is 4.79 Å². The van der Waals surface area contributed by atoms with Gasteiger partial charge in [0.15, 0.2) is 6.61 Å². The van der Waals surface area contributed by atoms with Crippen LogP contribution in [0.5, 0.6) is 5.75 Å². The molecule has 2 aromatic carbocycles. The lowest BCUT2D eigenvalue weighted by Crippen LogP contribution is -2.21. The number of carbonyl (C=O) groups is 2. The van der Waals surface area contributed by atoms with Gasteiger partial charge in [0.2, 0.25) is 0 Å². The van der Waals surface area contributed by atoms with Crippen LogP contribution in [0.15, 0.2) is 40.9 Å². The predicted octanol–water partition coefficient (Wildman–Crippen LogP) is 4.69. The maximum atomic E-state index is 12.2. The van der Waals surface area contributed by atoms with Gasteiger partial charge in [-0.1, -0.05) is 35.8 Å². The largest absolute Gasteiger partial charge is 0.483 e. The third-order valence-corrected chi connectivity index (χ3v) is 4.69. The van der Waals surface area contributed by atoms with E-state index in [2.05, 4.69) is 39.8 Å². The van der Waals surface area contributed by atoms with Gasteiger partial charge in [0.05, 0.1) is 12.7 Å². The molecule has 0 spiro atoms. The summed E-state index contributed by atoms with van der Waals surface area (Å²) in [5.41, 5.74) is 2.95. The van der Waals surface area contributed by atoms with Crippen molar-refractivity contribution in [3.63, 3.8) is 0 Å². The molecule has 1 amide bonds. The Morgan fingerprint density at radius 1 is 1.19 bits per heavy atom. The van der Waals surface area contributed by atoms with Crippen LogP contribution in [0, 0.1) is 6.92 Å². The molecule has 0 heterocycles. The standard InChI is InChI=1S/C20H22BrNO4/c1-12(2)16-10-17(21)13(3)8-18(16)26-11-19(23)22-15-7-5-6-14(9-15)20(24)25-4/h5-10,12H,11H2,1-4H3,(H,22,23). The third-order valence-electron chi connectivity index (χ3n) is 3.84. The van der Waals surface area contributed by atoms with E-state index in [1.807, 2.05) is 19.1 Å². The lowest BCUT2D eigenvalue weighted by molar-refractivity contribution is -0.118. The minimum atomic E-state index is -0.454. The van der Waals surface area contributed by atoms with Crippen LogP contribution < -0.4 is 10.1 Å². The van der Waals surface area contributed by atoms with E-state index in [0.717, 1.165) is 15.6 Å². The van der Waals surface area contributed by atoms with Crippen molar-refractivity contribution in [2.75, 3.05) is 19.0 Å². The van der Waals surface area contributed by atoms with E-state index in [0.29, 0.717) is 17.0 Å². The van der Waals surface area contributed by atoms with E-state index in [1.54, 1.807) is 24.3 Å². The first-order valence-corrected chi connectivity index (χ1v) is 9.02. The van der Waals surface area contributed by atoms with E-state index in [9.17, 15) is 9.59 Å². The molecule has 0 fully saturated rings. The van der Waals surface area contributed by atoms with Crippen LogP contribution in [0.2, 0.25) is 0 Å². The Labute approximate surface area is 161 Å². The van der Waals surface area contributed by atoms with E-state index in [4.69, 9.17) is 4.74 Å². The highest BCUT2D eigenvalue weighted by atomic mass is 79.9. The highest BCUT2D eigenvalue weighted by molar-refractivity contribution is 9.10. The number of carbonyl (C=O) groups excluding carboxylic acids is 2. The van der Waals surface area contributed by atoms with Crippen LogP contribution in [0.1, 0.15) is 41.3 Å². The number of amides is 1. The van der Waals surface area contributed by atoms with Gasteiger partial charge < -0.3 is 14.8 Å². The maximum absolute atomic E-state index is 12.2. The van der Waals surface area contributed by atoms with Crippen LogP contribution in [-0.2, 0) is 9.53 Å². The average molecular weight is 420 g/mol. The molecule has 0 atom stereocenters. The lowest BCUT2D eigenvalue weighted by Gasteiger charge is -2.16. The van der Waals surface area contributed by atoms with Gasteiger partial charge in [-0.15, -0.1) is 0 Å². The summed E-state index contributed by atoms with van der Waals surface area (Å²) in [6.07, 6.45) is 0. The molecule has 0 bridgehead atoms. The second kappa shape index (κ2) is 8.85. The number of anilines is 1. The molecule has 0 saturated carbocycles. The number of nitrogens with one attached hydrogen (secondary N) is 1. The molecule has 26 heavy (non-hydrogen) atoms. The monoisotopic (exact) mass is 419 g/mol. The summed E-state index contributed by atoms with van der Waals surface area (Å²) in [4.78, 5) is 23.8. The summed E-state index contributed by atoms with van der Waals surface area (Å²) in [5, 5.41) is 2.73. The summed E-state index contributed by atoms with van der Waals surface area (Å²) < 4.78 is 11.4. The van der Waals surface area contributed by atoms with Gasteiger partial charge in [0.1, 0.15) is 5.75 Å². The van der Waals surface area contributed by atoms with Crippen molar-refractivity contribution in [1.29, 1.82) is 0 Å². The third kappa shape index (κ3) is 5.08. The second-order valence-corrected chi connectivity index (χ2v) is 7.06. The average Bonchev–Trinajstić information content (AvgIpc) is 2.61. The Bertz CT molecular complexity index is 817. The number of aryl methyl sites for hydroxylation is 1. The Morgan fingerprint density at radius 3 is 2.58 bits per heavy atom. The van der Waals surface area contributed by atoms with Crippen LogP contribution in [0.25, 0.3) is 0 Å². The molecule has 138 valence electrons. The molecule has 0 saturated heterocycles. The van der Waals surface area contributed by atoms with Crippen LogP contribution >= 0.6 is 15.9 Å². The fourth-order valence-electron chi connectivity index (χ4n) is 2.43. The SMILES string of the molecule is COC(=O)c1cccc(NC(=O)COc2cc(C)c(Br)cc2C(C)C)c1. The van der Waals surface area contributed by atoms with Gasteiger partial charge in [0.25, 0.3) is 5.91 Å². The lowest BCUT2D eigenvalue weighted by atomic mass is 10.0. The summed E-state index contributed by atoms with van der Waals surface area (Å²) >= 11 is 3.52. The summed E-state index contributed by atoms with van der Waals surface area (Å²) in [5.74, 6) is 0.201. The number of ether oxygens (including phenoxy) is 2. The van der Waals surface area contributed by atoms with E-state index in [1.165, 1.54) is 7.11 Å². The molecule has 5 nitrogen and oxygen atoms in total. The van der Waals surface area contributed by atoms with Crippen molar-refractivity contribution >= 4 is 33.5 Å². The molecule has 0 aliphatic heterocycles. The van der Waals surface area contributed by atoms with Gasteiger partial charge in [-0.2, -0.15) is 0 Å². The second-order valence-electron chi connectivity index (χ2n) is 6.20. The normalized spacial score (nSPS) is 10.5. The van der Waals surface area contributed by atoms with Crippen molar-refractivity contribution in [2.45, 2.75) is 26.7 Å². The van der Waals surface area contributed by atoms with Gasteiger partial charge >= 0.3 is 5.97 Å². The number of esters is 1. The number of halogens is 1. The molecule has 0 aliphatic rings. The minimum absolute atomic E-state index is 0.122. The molecular formula is C20H22BrNO4. The minimum Gasteiger partial charge on any atom is -0.483 e. The summed E-state index contributed by atoms with van der Waals surface area (Å²) in [6.45, 7) is 5.99. The van der Waals surface area contributed by atoms with Gasteiger partial charge in [-0.05, 0) is 54.3 Å². The molecule has 2 aromatic rings. The molecule has 2 rings (SSSR count). The molecule has 6 heteroatoms. The molecule has 0 aliphatic carbocycles. The number of methoxy groups -OCH3 is 1. The zero-order valence-corrected chi connectivity index (χ0v) is 16.8. The quantitative estimate of drug-likeness (QED) is 0.689. The Hall–Kier alpha value is -2.34. The van der Waals surface area contributed by atoms with E-state index in [-0.39, 0.29) is 18.4 Å². The first-order valence-electron chi connectivity index (χ1n) is 8.23. The molecule has 0 aromatic heterocycles. The van der Waals surface area contributed by atoms with E-state index < -0.39 is 5.97 Å². The van der Waals surface area contributed by atoms with Crippen molar-refractivity contribution in [3.05, 3.63) is 57.6 Å². The summed E-state index contributed by atoms with van der Waals surface area (Å²) in [7, 11) is 1.31. The molecular weight excluding hydrogens is 398 g/mol. The fraction of sp³-hybridized carbons (Fsp3) is 0.300. The first-order chi connectivity index (χ1) is 12.3. The topological polar surface area (TPSA) is 64.6 Å². The van der Waals surface area contributed by atoms with E-state index >= 15 is 0 Å². The highest BCUT2D eigenvalue weighted by Gasteiger charge is 2.13. The molecule has 0 unspecified atom stereocenters. The van der Waals surface area contributed by atoms with Gasteiger partial charge in [-0.25, -0.2) is 4.79 Å². The molecule has 1 N–H and O–H groups in total. The Kier molecular flexibility index (Phi) is 6.80. The zero-order chi connectivity index (χ0) is 19.3. The Balaban J connectivity index is 2.06. The van der Waals surface area contributed by atoms with Crippen LogP contribution in [0.4, 0.5) is 5.69 Å². The predicted molar refractivity (Wildman–Crippen MR) is 105 cm³/mol. The zero-order valence-electron chi connectivity index (χ0n) is 15.3. The van der Waals surface area contributed by atoms with Crippen molar-refractivity contribution in [2.24, 2.45) is 0 Å². The number of hydrogen-bond acceptors (Lipinski definition) is 4. The van der Waals surface area contributed by atoms with Crippen molar-refractivity contribution in [3.8, 4) is 5.75 Å². The first kappa shape index (κ1) is 20.0. The molecule has 0 radical (unpaired) electrons. The maximum Gasteiger partial charge on any atom is 0.337 e. The summed E-state index contributed by atoms with van der Waals surface area (Å²) in [6, 6.07) is 10.5. The van der Waals surface area contributed by atoms with Crippen molar-refractivity contribution < 1.29 is 19.1 Å². The van der Waals surface area contributed by atoms with Gasteiger partial charge in [0, 0.05) is 10.2 Å². The van der Waals surface area contributed by atoms with Crippen molar-refractivity contribution in [1.82, 2.24) is 0 Å². The number of rotatable bonds is 6. The highest BCUT2D eigenvalue weighted by Crippen LogP contribution is 2.32. The van der Waals surface area contributed by atoms with Crippen LogP contribution in [-0.4, -0.2) is 25.6 Å².